The molecule has 6 rings (SSSR count). The van der Waals surface area contributed by atoms with E-state index >= 15 is 0 Å². The summed E-state index contributed by atoms with van der Waals surface area (Å²) >= 11 is 0. The van der Waals surface area contributed by atoms with Gasteiger partial charge in [0.2, 0.25) is 5.95 Å². The molecule has 0 saturated carbocycles. The fourth-order valence-electron chi connectivity index (χ4n) is 5.03. The molecular formula is C26H30N8O. The van der Waals surface area contributed by atoms with Crippen LogP contribution in [0.4, 0.5) is 33.6 Å². The van der Waals surface area contributed by atoms with Crippen molar-refractivity contribution in [1.82, 2.24) is 19.8 Å². The van der Waals surface area contributed by atoms with Crippen LogP contribution >= 0.6 is 0 Å². The molecule has 2 amide bonds. The summed E-state index contributed by atoms with van der Waals surface area (Å²) < 4.78 is 0. The van der Waals surface area contributed by atoms with Crippen molar-refractivity contribution in [2.24, 2.45) is 0 Å². The molecule has 9 nitrogen and oxygen atoms in total. The molecule has 0 spiro atoms. The number of hydrogen-bond donors (Lipinski definition) is 3. The number of anilines is 5. The van der Waals surface area contributed by atoms with Crippen LogP contribution in [0.2, 0.25) is 0 Å². The normalized spacial score (nSPS) is 19.6. The Morgan fingerprint density at radius 2 is 1.86 bits per heavy atom. The zero-order valence-corrected chi connectivity index (χ0v) is 19.9. The fraction of sp³-hybridized carbons (Fsp3) is 0.346. The Morgan fingerprint density at radius 3 is 2.69 bits per heavy atom. The maximum absolute atomic E-state index is 12.8. The van der Waals surface area contributed by atoms with Crippen molar-refractivity contribution in [1.29, 1.82) is 0 Å². The number of para-hydroxylation sites is 1. The van der Waals surface area contributed by atoms with Crippen LogP contribution in [-0.2, 0) is 6.54 Å². The molecule has 0 radical (unpaired) electrons. The molecule has 180 valence electrons. The minimum atomic E-state index is -0.122. The quantitative estimate of drug-likeness (QED) is 0.526. The highest BCUT2D eigenvalue weighted by Gasteiger charge is 2.30. The Morgan fingerprint density at radius 1 is 1.06 bits per heavy atom. The number of amides is 2. The lowest BCUT2D eigenvalue weighted by molar-refractivity contribution is 0.203. The van der Waals surface area contributed by atoms with E-state index in [9.17, 15) is 4.79 Å². The molecule has 1 fully saturated rings. The molecule has 0 bridgehead atoms. The van der Waals surface area contributed by atoms with E-state index in [2.05, 4.69) is 67.0 Å². The molecule has 3 N–H and O–H groups in total. The first-order valence-corrected chi connectivity index (χ1v) is 12.2. The second-order valence-electron chi connectivity index (χ2n) is 9.51. The van der Waals surface area contributed by atoms with E-state index in [0.717, 1.165) is 49.7 Å². The minimum Gasteiger partial charge on any atom is -0.384 e. The fourth-order valence-corrected chi connectivity index (χ4v) is 5.03. The highest BCUT2D eigenvalue weighted by Crippen LogP contribution is 2.33. The smallest absolute Gasteiger partial charge is 0.323 e. The van der Waals surface area contributed by atoms with Gasteiger partial charge in [-0.1, -0.05) is 18.2 Å². The van der Waals surface area contributed by atoms with Crippen LogP contribution in [0.1, 0.15) is 17.0 Å². The van der Waals surface area contributed by atoms with Crippen LogP contribution in [0.5, 0.6) is 0 Å². The van der Waals surface area contributed by atoms with Gasteiger partial charge in [0.15, 0.2) is 0 Å². The zero-order valence-electron chi connectivity index (χ0n) is 19.9. The standard InChI is InChI=1S/C26H30N8O/c1-32-10-12-33(13-11-32)21-8-6-20(7-9-21)29-25-28-15-19-17-34(26(35)31-24(19)30-25)16-18-14-27-23-5-3-2-4-22(18)23/h2-9,15,18,27H,10-14,16-17H2,1H3,(H2,28,29,30,31,35). The van der Waals surface area contributed by atoms with Gasteiger partial charge in [0, 0.05) is 74.0 Å². The second kappa shape index (κ2) is 9.07. The van der Waals surface area contributed by atoms with E-state index in [1.165, 1.54) is 11.3 Å². The number of aromatic nitrogens is 2. The SMILES string of the molecule is CN1CCN(c2ccc(Nc3ncc4c(n3)NC(=O)N(CC3CNc5ccccc53)C4)cc2)CC1. The third kappa shape index (κ3) is 4.46. The average Bonchev–Trinajstić information content (AvgIpc) is 3.28. The maximum Gasteiger partial charge on any atom is 0.323 e. The van der Waals surface area contributed by atoms with Crippen molar-refractivity contribution in [3.05, 3.63) is 65.9 Å². The molecular weight excluding hydrogens is 440 g/mol. The van der Waals surface area contributed by atoms with Crippen LogP contribution in [0, 0.1) is 0 Å². The van der Waals surface area contributed by atoms with Gasteiger partial charge in [-0.2, -0.15) is 4.98 Å². The first-order valence-electron chi connectivity index (χ1n) is 12.2. The average molecular weight is 471 g/mol. The predicted molar refractivity (Wildman–Crippen MR) is 139 cm³/mol. The molecule has 0 aliphatic carbocycles. The van der Waals surface area contributed by atoms with Crippen LogP contribution in [0.15, 0.2) is 54.7 Å². The lowest BCUT2D eigenvalue weighted by Gasteiger charge is -2.34. The summed E-state index contributed by atoms with van der Waals surface area (Å²) in [5, 5.41) is 9.65. The van der Waals surface area contributed by atoms with Gasteiger partial charge in [-0.3, -0.25) is 5.32 Å². The molecule has 4 heterocycles. The zero-order chi connectivity index (χ0) is 23.8. The predicted octanol–water partition coefficient (Wildman–Crippen LogP) is 3.53. The number of carbonyl (C=O) groups excluding carboxylic acids is 1. The van der Waals surface area contributed by atoms with Crippen LogP contribution in [0.25, 0.3) is 0 Å². The molecule has 1 atom stereocenters. The van der Waals surface area contributed by atoms with Crippen LogP contribution in [-0.4, -0.2) is 72.1 Å². The monoisotopic (exact) mass is 470 g/mol. The topological polar surface area (TPSA) is 88.7 Å². The highest BCUT2D eigenvalue weighted by molar-refractivity contribution is 5.91. The van der Waals surface area contributed by atoms with Gasteiger partial charge < -0.3 is 25.3 Å². The minimum absolute atomic E-state index is 0.122. The van der Waals surface area contributed by atoms with Gasteiger partial charge in [0.25, 0.3) is 0 Å². The Labute approximate surface area is 205 Å². The summed E-state index contributed by atoms with van der Waals surface area (Å²) in [7, 11) is 2.16. The van der Waals surface area contributed by atoms with Gasteiger partial charge >= 0.3 is 6.03 Å². The van der Waals surface area contributed by atoms with Crippen molar-refractivity contribution in [2.75, 3.05) is 67.2 Å². The summed E-state index contributed by atoms with van der Waals surface area (Å²) in [5.41, 5.74) is 5.48. The van der Waals surface area contributed by atoms with Crippen molar-refractivity contribution in [3.63, 3.8) is 0 Å². The number of nitrogens with zero attached hydrogens (tertiary/aromatic N) is 5. The number of likely N-dealkylation sites (N-methyl/N-ethyl adjacent to an activating group) is 1. The third-order valence-electron chi connectivity index (χ3n) is 7.11. The summed E-state index contributed by atoms with van der Waals surface area (Å²) in [5.74, 6) is 1.32. The van der Waals surface area contributed by atoms with E-state index in [1.807, 2.05) is 29.2 Å². The molecule has 2 aromatic carbocycles. The van der Waals surface area contributed by atoms with E-state index in [1.54, 1.807) is 6.20 Å². The number of urea groups is 1. The van der Waals surface area contributed by atoms with Crippen molar-refractivity contribution in [3.8, 4) is 0 Å². The maximum atomic E-state index is 12.8. The Hall–Kier alpha value is -3.85. The van der Waals surface area contributed by atoms with Gasteiger partial charge in [-0.25, -0.2) is 9.78 Å². The number of benzene rings is 2. The van der Waals surface area contributed by atoms with E-state index < -0.39 is 0 Å². The van der Waals surface area contributed by atoms with Crippen molar-refractivity contribution < 1.29 is 4.79 Å². The first-order chi connectivity index (χ1) is 17.1. The summed E-state index contributed by atoms with van der Waals surface area (Å²) in [6.45, 7) is 6.22. The van der Waals surface area contributed by atoms with Gasteiger partial charge in [0.05, 0.1) is 6.54 Å². The van der Waals surface area contributed by atoms with Crippen molar-refractivity contribution >= 4 is 34.9 Å². The first kappa shape index (κ1) is 21.7. The highest BCUT2D eigenvalue weighted by atomic mass is 16.2. The Balaban J connectivity index is 1.10. The largest absolute Gasteiger partial charge is 0.384 e. The number of rotatable bonds is 5. The number of fused-ring (bicyclic) bond motifs is 2. The number of hydrogen-bond acceptors (Lipinski definition) is 7. The van der Waals surface area contributed by atoms with E-state index in [-0.39, 0.29) is 11.9 Å². The van der Waals surface area contributed by atoms with Gasteiger partial charge in [-0.05, 0) is 42.9 Å². The van der Waals surface area contributed by atoms with Crippen LogP contribution in [0.3, 0.4) is 0 Å². The lowest BCUT2D eigenvalue weighted by Crippen LogP contribution is -2.44. The van der Waals surface area contributed by atoms with Gasteiger partial charge in [-0.15, -0.1) is 0 Å². The molecule has 1 saturated heterocycles. The number of nitrogens with one attached hydrogen (secondary N) is 3. The van der Waals surface area contributed by atoms with Crippen LogP contribution < -0.4 is 20.9 Å². The second-order valence-corrected chi connectivity index (χ2v) is 9.51. The molecule has 35 heavy (non-hydrogen) atoms. The van der Waals surface area contributed by atoms with E-state index in [0.29, 0.717) is 24.9 Å². The van der Waals surface area contributed by atoms with Crippen molar-refractivity contribution in [2.45, 2.75) is 12.5 Å². The molecule has 3 aliphatic heterocycles. The Kier molecular flexibility index (Phi) is 5.61. The molecule has 9 heteroatoms. The molecule has 3 aromatic rings. The van der Waals surface area contributed by atoms with Gasteiger partial charge in [0.1, 0.15) is 5.82 Å². The molecule has 3 aliphatic rings. The van der Waals surface area contributed by atoms with E-state index in [4.69, 9.17) is 0 Å². The number of carbonyl (C=O) groups is 1. The third-order valence-corrected chi connectivity index (χ3v) is 7.11. The number of piperazine rings is 1. The summed E-state index contributed by atoms with van der Waals surface area (Å²) in [4.78, 5) is 28.5. The molecule has 1 unspecified atom stereocenters. The lowest BCUT2D eigenvalue weighted by atomic mass is 10.0. The summed E-state index contributed by atoms with van der Waals surface area (Å²) in [6.07, 6.45) is 1.80. The Bertz CT molecular complexity index is 1220. The molecule has 1 aromatic heterocycles. The summed E-state index contributed by atoms with van der Waals surface area (Å²) in [6, 6.07) is 16.5.